The first kappa shape index (κ1) is 15.1. The summed E-state index contributed by atoms with van der Waals surface area (Å²) in [7, 11) is 0. The van der Waals surface area contributed by atoms with Crippen LogP contribution in [0.15, 0.2) is 52.9 Å². The second kappa shape index (κ2) is 6.52. The van der Waals surface area contributed by atoms with Crippen LogP contribution in [0, 0.1) is 6.92 Å². The minimum absolute atomic E-state index is 0.0462. The highest BCUT2D eigenvalue weighted by Gasteiger charge is 2.16. The highest BCUT2D eigenvalue weighted by Crippen LogP contribution is 2.20. The normalized spacial score (nSPS) is 12.1. The van der Waals surface area contributed by atoms with E-state index in [1.165, 1.54) is 0 Å². The minimum Gasteiger partial charge on any atom is -0.484 e. The van der Waals surface area contributed by atoms with Crippen molar-refractivity contribution in [1.82, 2.24) is 10.3 Å². The van der Waals surface area contributed by atoms with Crippen LogP contribution in [-0.4, -0.2) is 17.5 Å². The maximum atomic E-state index is 12.0. The number of carbonyl (C=O) groups is 1. The monoisotopic (exact) mass is 310 g/mol. The van der Waals surface area contributed by atoms with Gasteiger partial charge in [0.2, 0.25) is 5.89 Å². The van der Waals surface area contributed by atoms with Crippen molar-refractivity contribution in [3.8, 4) is 5.75 Å². The van der Waals surface area contributed by atoms with Crippen LogP contribution in [-0.2, 0) is 4.79 Å². The van der Waals surface area contributed by atoms with Crippen molar-refractivity contribution in [3.05, 3.63) is 60.0 Å². The number of fused-ring (bicyclic) bond motifs is 1. The summed E-state index contributed by atoms with van der Waals surface area (Å²) < 4.78 is 11.2. The maximum absolute atomic E-state index is 12.0. The Kier molecular flexibility index (Phi) is 4.28. The number of nitrogens with zero attached hydrogens (tertiary/aromatic N) is 1. The lowest BCUT2D eigenvalue weighted by atomic mass is 10.2. The number of aryl methyl sites for hydroxylation is 1. The second-order valence-corrected chi connectivity index (χ2v) is 5.36. The lowest BCUT2D eigenvalue weighted by molar-refractivity contribution is -0.123. The molecule has 0 saturated carbocycles. The Morgan fingerprint density at radius 3 is 2.74 bits per heavy atom. The smallest absolute Gasteiger partial charge is 0.258 e. The van der Waals surface area contributed by atoms with Crippen molar-refractivity contribution in [1.29, 1.82) is 0 Å². The quantitative estimate of drug-likeness (QED) is 0.784. The average Bonchev–Trinajstić information content (AvgIpc) is 2.98. The summed E-state index contributed by atoms with van der Waals surface area (Å²) in [6, 6.07) is 14.8. The lowest BCUT2D eigenvalue weighted by Gasteiger charge is -2.12. The summed E-state index contributed by atoms with van der Waals surface area (Å²) in [6.07, 6.45) is 0. The number of para-hydroxylation sites is 3. The van der Waals surface area contributed by atoms with Gasteiger partial charge < -0.3 is 14.5 Å². The van der Waals surface area contributed by atoms with Crippen molar-refractivity contribution in [3.63, 3.8) is 0 Å². The zero-order chi connectivity index (χ0) is 16.2. The zero-order valence-corrected chi connectivity index (χ0v) is 13.1. The molecule has 5 heteroatoms. The molecule has 1 aromatic heterocycles. The number of nitrogens with one attached hydrogen (secondary N) is 1. The third-order valence-electron chi connectivity index (χ3n) is 3.51. The van der Waals surface area contributed by atoms with E-state index >= 15 is 0 Å². The van der Waals surface area contributed by atoms with Crippen LogP contribution >= 0.6 is 0 Å². The number of ether oxygens (including phenoxy) is 1. The molecule has 0 bridgehead atoms. The molecule has 1 amide bonds. The van der Waals surface area contributed by atoms with E-state index in [-0.39, 0.29) is 18.6 Å². The molecule has 0 saturated heterocycles. The summed E-state index contributed by atoms with van der Waals surface area (Å²) in [4.78, 5) is 16.4. The fourth-order valence-electron chi connectivity index (χ4n) is 2.28. The molecule has 1 unspecified atom stereocenters. The molecule has 118 valence electrons. The first-order valence-electron chi connectivity index (χ1n) is 7.47. The summed E-state index contributed by atoms with van der Waals surface area (Å²) in [6.45, 7) is 3.72. The van der Waals surface area contributed by atoms with Crippen molar-refractivity contribution in [2.75, 3.05) is 6.61 Å². The van der Waals surface area contributed by atoms with Gasteiger partial charge in [-0.3, -0.25) is 4.79 Å². The second-order valence-electron chi connectivity index (χ2n) is 5.36. The van der Waals surface area contributed by atoms with Crippen LogP contribution in [0.2, 0.25) is 0 Å². The number of amides is 1. The van der Waals surface area contributed by atoms with Gasteiger partial charge in [-0.25, -0.2) is 4.98 Å². The molecule has 0 fully saturated rings. The van der Waals surface area contributed by atoms with E-state index in [2.05, 4.69) is 10.3 Å². The van der Waals surface area contributed by atoms with Gasteiger partial charge in [0.05, 0.1) is 0 Å². The van der Waals surface area contributed by atoms with Gasteiger partial charge in [-0.05, 0) is 37.6 Å². The predicted molar refractivity (Wildman–Crippen MR) is 87.2 cm³/mol. The van der Waals surface area contributed by atoms with E-state index in [9.17, 15) is 4.79 Å². The van der Waals surface area contributed by atoms with Crippen molar-refractivity contribution in [2.24, 2.45) is 0 Å². The SMILES string of the molecule is Cc1ccccc1OCC(=O)NC(C)c1nc2ccccc2o1. The first-order chi connectivity index (χ1) is 11.1. The number of benzene rings is 2. The molecule has 0 radical (unpaired) electrons. The zero-order valence-electron chi connectivity index (χ0n) is 13.1. The molecule has 0 aliphatic rings. The third-order valence-corrected chi connectivity index (χ3v) is 3.51. The van der Waals surface area contributed by atoms with E-state index in [0.29, 0.717) is 17.2 Å². The van der Waals surface area contributed by atoms with E-state index in [1.54, 1.807) is 0 Å². The van der Waals surface area contributed by atoms with Crippen LogP contribution in [0.3, 0.4) is 0 Å². The van der Waals surface area contributed by atoms with Crippen LogP contribution in [0.25, 0.3) is 11.1 Å². The Balaban J connectivity index is 1.60. The first-order valence-corrected chi connectivity index (χ1v) is 7.47. The molecule has 1 N–H and O–H groups in total. The number of carbonyl (C=O) groups excluding carboxylic acids is 1. The topological polar surface area (TPSA) is 64.4 Å². The molecule has 3 rings (SSSR count). The summed E-state index contributed by atoms with van der Waals surface area (Å²) in [5.74, 6) is 0.968. The Bertz CT molecular complexity index is 793. The van der Waals surface area contributed by atoms with E-state index in [1.807, 2.05) is 62.4 Å². The van der Waals surface area contributed by atoms with Gasteiger partial charge in [0.1, 0.15) is 17.3 Å². The Labute approximate surface area is 134 Å². The van der Waals surface area contributed by atoms with Crippen molar-refractivity contribution >= 4 is 17.0 Å². The maximum Gasteiger partial charge on any atom is 0.258 e. The molecule has 0 aliphatic heterocycles. The molecule has 1 atom stereocenters. The van der Waals surface area contributed by atoms with Gasteiger partial charge in [-0.15, -0.1) is 0 Å². The predicted octanol–water partition coefficient (Wildman–Crippen LogP) is 3.39. The van der Waals surface area contributed by atoms with E-state index in [0.717, 1.165) is 11.1 Å². The molecule has 23 heavy (non-hydrogen) atoms. The molecule has 1 heterocycles. The lowest BCUT2D eigenvalue weighted by Crippen LogP contribution is -2.31. The van der Waals surface area contributed by atoms with Gasteiger partial charge in [-0.1, -0.05) is 30.3 Å². The molecule has 0 aliphatic carbocycles. The summed E-state index contributed by atoms with van der Waals surface area (Å²) >= 11 is 0. The van der Waals surface area contributed by atoms with Crippen LogP contribution in [0.1, 0.15) is 24.4 Å². The fourth-order valence-corrected chi connectivity index (χ4v) is 2.28. The standard InChI is InChI=1S/C18H18N2O3/c1-12-7-3-5-9-15(12)22-11-17(21)19-13(2)18-20-14-8-4-6-10-16(14)23-18/h3-10,13H,11H2,1-2H3,(H,19,21). The highest BCUT2D eigenvalue weighted by atomic mass is 16.5. The van der Waals surface area contributed by atoms with Crippen molar-refractivity contribution in [2.45, 2.75) is 19.9 Å². The van der Waals surface area contributed by atoms with E-state index < -0.39 is 0 Å². The summed E-state index contributed by atoms with van der Waals surface area (Å²) in [5, 5.41) is 2.83. The Morgan fingerprint density at radius 2 is 1.96 bits per heavy atom. The van der Waals surface area contributed by atoms with Crippen LogP contribution < -0.4 is 10.1 Å². The van der Waals surface area contributed by atoms with Gasteiger partial charge in [0, 0.05) is 0 Å². The van der Waals surface area contributed by atoms with E-state index in [4.69, 9.17) is 9.15 Å². The largest absolute Gasteiger partial charge is 0.484 e. The molecule has 2 aromatic carbocycles. The third kappa shape index (κ3) is 3.51. The van der Waals surface area contributed by atoms with Gasteiger partial charge >= 0.3 is 0 Å². The number of hydrogen-bond acceptors (Lipinski definition) is 4. The molecular formula is C18H18N2O3. The molecule has 3 aromatic rings. The van der Waals surface area contributed by atoms with Gasteiger partial charge in [0.15, 0.2) is 12.2 Å². The minimum atomic E-state index is -0.324. The number of aromatic nitrogens is 1. The Morgan fingerprint density at radius 1 is 1.22 bits per heavy atom. The molecule has 0 spiro atoms. The number of rotatable bonds is 5. The molecular weight excluding hydrogens is 292 g/mol. The van der Waals surface area contributed by atoms with Crippen LogP contribution in [0.4, 0.5) is 0 Å². The number of oxazole rings is 1. The summed E-state index contributed by atoms with van der Waals surface area (Å²) in [5.41, 5.74) is 2.48. The highest BCUT2D eigenvalue weighted by molar-refractivity contribution is 5.78. The fraction of sp³-hybridized carbons (Fsp3) is 0.222. The number of hydrogen-bond donors (Lipinski definition) is 1. The van der Waals surface area contributed by atoms with Crippen molar-refractivity contribution < 1.29 is 13.9 Å². The average molecular weight is 310 g/mol. The van der Waals surface area contributed by atoms with Gasteiger partial charge in [-0.2, -0.15) is 0 Å². The van der Waals surface area contributed by atoms with Crippen LogP contribution in [0.5, 0.6) is 5.75 Å². The molecule has 5 nitrogen and oxygen atoms in total. The van der Waals surface area contributed by atoms with Gasteiger partial charge in [0.25, 0.3) is 5.91 Å². The Hall–Kier alpha value is -2.82.